The normalized spacial score (nSPS) is 12.7. The highest BCUT2D eigenvalue weighted by Gasteiger charge is 2.05. The summed E-state index contributed by atoms with van der Waals surface area (Å²) in [4.78, 5) is 0. The minimum absolute atomic E-state index is 0.177. The van der Waals surface area contributed by atoms with Gasteiger partial charge in [-0.1, -0.05) is 12.1 Å². The number of hydrogen-bond acceptors (Lipinski definition) is 4. The third-order valence-corrected chi connectivity index (χ3v) is 2.28. The molecule has 1 aromatic carbocycles. The van der Waals surface area contributed by atoms with E-state index in [1.807, 2.05) is 31.2 Å². The van der Waals surface area contributed by atoms with Gasteiger partial charge in [0.05, 0.1) is 0 Å². The second-order valence-corrected chi connectivity index (χ2v) is 4.00. The number of benzene rings is 1. The van der Waals surface area contributed by atoms with Crippen molar-refractivity contribution in [3.8, 4) is 11.5 Å². The molecule has 0 saturated carbocycles. The molecule has 0 bridgehead atoms. The van der Waals surface area contributed by atoms with E-state index in [2.05, 4.69) is 10.2 Å². The van der Waals surface area contributed by atoms with Crippen LogP contribution in [0.3, 0.4) is 0 Å². The number of rotatable bonds is 3. The molecule has 1 unspecified atom stereocenters. The number of aromatic nitrogens is 2. The van der Waals surface area contributed by atoms with Crippen molar-refractivity contribution in [2.24, 2.45) is 5.73 Å². The van der Waals surface area contributed by atoms with Crippen molar-refractivity contribution in [2.75, 3.05) is 0 Å². The Morgan fingerprint density at radius 1 is 1.25 bits per heavy atom. The smallest absolute Gasteiger partial charge is 0.247 e. The van der Waals surface area contributed by atoms with Crippen LogP contribution in [-0.2, 0) is 6.42 Å². The van der Waals surface area contributed by atoms with Crippen LogP contribution in [0.25, 0.3) is 11.5 Å². The molecule has 2 N–H and O–H groups in total. The first kappa shape index (κ1) is 10.8. The third-order valence-electron chi connectivity index (χ3n) is 2.28. The maximum Gasteiger partial charge on any atom is 0.247 e. The van der Waals surface area contributed by atoms with Gasteiger partial charge in [-0.05, 0) is 31.0 Å². The lowest BCUT2D eigenvalue weighted by molar-refractivity contribution is 0.533. The second kappa shape index (κ2) is 4.45. The summed E-state index contributed by atoms with van der Waals surface area (Å²) < 4.78 is 5.34. The van der Waals surface area contributed by atoms with E-state index in [1.54, 1.807) is 6.92 Å². The van der Waals surface area contributed by atoms with E-state index in [0.717, 1.165) is 12.0 Å². The van der Waals surface area contributed by atoms with Gasteiger partial charge in [0.1, 0.15) is 0 Å². The van der Waals surface area contributed by atoms with E-state index in [0.29, 0.717) is 11.8 Å². The minimum Gasteiger partial charge on any atom is -0.421 e. The molecule has 0 radical (unpaired) electrons. The van der Waals surface area contributed by atoms with E-state index in [-0.39, 0.29) is 6.04 Å². The fourth-order valence-electron chi connectivity index (χ4n) is 1.57. The van der Waals surface area contributed by atoms with Crippen LogP contribution < -0.4 is 5.73 Å². The van der Waals surface area contributed by atoms with Crippen molar-refractivity contribution >= 4 is 0 Å². The summed E-state index contributed by atoms with van der Waals surface area (Å²) in [5.41, 5.74) is 7.89. The molecule has 2 rings (SSSR count). The highest BCUT2D eigenvalue weighted by Crippen LogP contribution is 2.18. The molecule has 1 atom stereocenters. The Morgan fingerprint density at radius 3 is 2.44 bits per heavy atom. The molecular weight excluding hydrogens is 202 g/mol. The van der Waals surface area contributed by atoms with Gasteiger partial charge in [-0.3, -0.25) is 0 Å². The van der Waals surface area contributed by atoms with Gasteiger partial charge in [-0.2, -0.15) is 0 Å². The Bertz CT molecular complexity index is 459. The summed E-state index contributed by atoms with van der Waals surface area (Å²) >= 11 is 0. The van der Waals surface area contributed by atoms with Gasteiger partial charge in [0.25, 0.3) is 0 Å². The fourth-order valence-corrected chi connectivity index (χ4v) is 1.57. The van der Waals surface area contributed by atoms with Gasteiger partial charge >= 0.3 is 0 Å². The lowest BCUT2D eigenvalue weighted by Crippen LogP contribution is -2.17. The van der Waals surface area contributed by atoms with Crippen LogP contribution >= 0.6 is 0 Å². The summed E-state index contributed by atoms with van der Waals surface area (Å²) in [5, 5.41) is 7.76. The van der Waals surface area contributed by atoms with Crippen LogP contribution in [-0.4, -0.2) is 16.2 Å². The zero-order chi connectivity index (χ0) is 11.5. The Kier molecular flexibility index (Phi) is 3.01. The van der Waals surface area contributed by atoms with Gasteiger partial charge < -0.3 is 10.2 Å². The van der Waals surface area contributed by atoms with Crippen LogP contribution in [0.1, 0.15) is 18.4 Å². The van der Waals surface area contributed by atoms with Crippen LogP contribution in [0.2, 0.25) is 0 Å². The molecule has 1 heterocycles. The maximum absolute atomic E-state index is 5.74. The van der Waals surface area contributed by atoms with Crippen molar-refractivity contribution in [3.05, 3.63) is 35.7 Å². The quantitative estimate of drug-likeness (QED) is 0.853. The van der Waals surface area contributed by atoms with Crippen LogP contribution in [0.5, 0.6) is 0 Å². The van der Waals surface area contributed by atoms with E-state index >= 15 is 0 Å². The van der Waals surface area contributed by atoms with Crippen molar-refractivity contribution in [1.82, 2.24) is 10.2 Å². The Balaban J connectivity index is 2.19. The van der Waals surface area contributed by atoms with Crippen molar-refractivity contribution in [1.29, 1.82) is 0 Å². The highest BCUT2D eigenvalue weighted by molar-refractivity contribution is 5.52. The average molecular weight is 217 g/mol. The van der Waals surface area contributed by atoms with Gasteiger partial charge in [-0.15, -0.1) is 10.2 Å². The fraction of sp³-hybridized carbons (Fsp3) is 0.333. The van der Waals surface area contributed by atoms with Crippen molar-refractivity contribution in [3.63, 3.8) is 0 Å². The predicted molar refractivity (Wildman–Crippen MR) is 61.8 cm³/mol. The molecule has 1 aromatic heterocycles. The topological polar surface area (TPSA) is 64.9 Å². The lowest BCUT2D eigenvalue weighted by atomic mass is 10.1. The Morgan fingerprint density at radius 2 is 1.94 bits per heavy atom. The number of nitrogens with two attached hydrogens (primary N) is 1. The molecule has 0 aliphatic rings. The SMILES string of the molecule is Cc1nnc(-c2ccc(CC(C)N)cc2)o1. The molecular formula is C12H15N3O. The molecule has 0 saturated heterocycles. The molecule has 0 amide bonds. The molecule has 0 spiro atoms. The molecule has 4 nitrogen and oxygen atoms in total. The Labute approximate surface area is 94.5 Å². The maximum atomic E-state index is 5.74. The zero-order valence-electron chi connectivity index (χ0n) is 9.47. The first-order valence-electron chi connectivity index (χ1n) is 5.30. The molecule has 84 valence electrons. The Hall–Kier alpha value is -1.68. The first-order valence-corrected chi connectivity index (χ1v) is 5.30. The lowest BCUT2D eigenvalue weighted by Gasteiger charge is -2.04. The van der Waals surface area contributed by atoms with Gasteiger partial charge in [0.2, 0.25) is 11.8 Å². The molecule has 4 heteroatoms. The van der Waals surface area contributed by atoms with E-state index in [9.17, 15) is 0 Å². The number of aryl methyl sites for hydroxylation is 1. The summed E-state index contributed by atoms with van der Waals surface area (Å²) in [6, 6.07) is 8.21. The first-order chi connectivity index (χ1) is 7.65. The van der Waals surface area contributed by atoms with Crippen LogP contribution in [0, 0.1) is 6.92 Å². The van der Waals surface area contributed by atoms with Crippen molar-refractivity contribution < 1.29 is 4.42 Å². The minimum atomic E-state index is 0.177. The summed E-state index contributed by atoms with van der Waals surface area (Å²) in [5.74, 6) is 1.14. The van der Waals surface area contributed by atoms with Gasteiger partial charge in [0.15, 0.2) is 0 Å². The standard InChI is InChI=1S/C12H15N3O/c1-8(13)7-10-3-5-11(6-4-10)12-15-14-9(2)16-12/h3-6,8H,7,13H2,1-2H3. The summed E-state index contributed by atoms with van der Waals surface area (Å²) in [6.45, 7) is 3.77. The molecule has 16 heavy (non-hydrogen) atoms. The molecule has 0 fully saturated rings. The second-order valence-electron chi connectivity index (χ2n) is 4.00. The summed E-state index contributed by atoms with van der Waals surface area (Å²) in [6.07, 6.45) is 0.878. The number of nitrogens with zero attached hydrogens (tertiary/aromatic N) is 2. The van der Waals surface area contributed by atoms with Crippen LogP contribution in [0.4, 0.5) is 0 Å². The van der Waals surface area contributed by atoms with E-state index < -0.39 is 0 Å². The predicted octanol–water partition coefficient (Wildman–Crippen LogP) is 1.93. The van der Waals surface area contributed by atoms with E-state index in [1.165, 1.54) is 5.56 Å². The average Bonchev–Trinajstić information content (AvgIpc) is 2.65. The largest absolute Gasteiger partial charge is 0.421 e. The van der Waals surface area contributed by atoms with Crippen LogP contribution in [0.15, 0.2) is 28.7 Å². The number of hydrogen-bond donors (Lipinski definition) is 1. The van der Waals surface area contributed by atoms with Gasteiger partial charge in [-0.25, -0.2) is 0 Å². The molecule has 2 aromatic rings. The van der Waals surface area contributed by atoms with Gasteiger partial charge in [0, 0.05) is 18.5 Å². The van der Waals surface area contributed by atoms with Crippen molar-refractivity contribution in [2.45, 2.75) is 26.3 Å². The highest BCUT2D eigenvalue weighted by atomic mass is 16.4. The monoisotopic (exact) mass is 217 g/mol. The molecule has 0 aliphatic carbocycles. The zero-order valence-corrected chi connectivity index (χ0v) is 9.47. The van der Waals surface area contributed by atoms with E-state index in [4.69, 9.17) is 10.2 Å². The third kappa shape index (κ3) is 2.46. The molecule has 0 aliphatic heterocycles. The summed E-state index contributed by atoms with van der Waals surface area (Å²) in [7, 11) is 0.